The predicted molar refractivity (Wildman–Crippen MR) is 96.6 cm³/mol. The monoisotopic (exact) mass is 361 g/mol. The second-order valence-corrected chi connectivity index (χ2v) is 6.97. The smallest absolute Gasteiger partial charge is 0.227 e. The van der Waals surface area contributed by atoms with Crippen molar-refractivity contribution in [1.82, 2.24) is 10.2 Å². The second-order valence-electron chi connectivity index (χ2n) is 6.97. The molecule has 0 bridgehead atoms. The highest BCUT2D eigenvalue weighted by Gasteiger charge is 2.41. The first-order chi connectivity index (χ1) is 12.6. The van der Waals surface area contributed by atoms with Gasteiger partial charge in [0.1, 0.15) is 12.4 Å². The van der Waals surface area contributed by atoms with Gasteiger partial charge < -0.3 is 25.4 Å². The Hall–Kier alpha value is -2.12. The third kappa shape index (κ3) is 4.34. The molecule has 26 heavy (non-hydrogen) atoms. The summed E-state index contributed by atoms with van der Waals surface area (Å²) >= 11 is 0. The Morgan fingerprint density at radius 2 is 2.04 bits per heavy atom. The Morgan fingerprint density at radius 1 is 1.31 bits per heavy atom. The number of hydrogen-bond donors (Lipinski definition) is 2. The minimum Gasteiger partial charge on any atom is -0.492 e. The van der Waals surface area contributed by atoms with E-state index < -0.39 is 5.41 Å². The fourth-order valence-electron chi connectivity index (χ4n) is 3.50. The summed E-state index contributed by atoms with van der Waals surface area (Å²) in [5.74, 6) is 0.776. The third-order valence-corrected chi connectivity index (χ3v) is 5.25. The molecular formula is C19H27N3O4. The van der Waals surface area contributed by atoms with Gasteiger partial charge in [-0.2, -0.15) is 0 Å². The number of ether oxygens (including phenoxy) is 2. The Bertz CT molecular complexity index is 616. The molecule has 7 heteroatoms. The van der Waals surface area contributed by atoms with Crippen molar-refractivity contribution >= 4 is 11.8 Å². The molecule has 1 atom stereocenters. The molecule has 2 amide bonds. The van der Waals surface area contributed by atoms with E-state index in [0.29, 0.717) is 58.7 Å². The van der Waals surface area contributed by atoms with Crippen LogP contribution in [-0.4, -0.2) is 62.2 Å². The highest BCUT2D eigenvalue weighted by molar-refractivity contribution is 5.85. The minimum atomic E-state index is -0.564. The van der Waals surface area contributed by atoms with E-state index in [9.17, 15) is 9.59 Å². The first-order valence-electron chi connectivity index (χ1n) is 9.17. The summed E-state index contributed by atoms with van der Waals surface area (Å²) in [5, 5.41) is 3.03. The zero-order chi connectivity index (χ0) is 18.4. The summed E-state index contributed by atoms with van der Waals surface area (Å²) < 4.78 is 11.0. The number of para-hydroxylation sites is 1. The van der Waals surface area contributed by atoms with Gasteiger partial charge in [0.25, 0.3) is 0 Å². The molecule has 3 rings (SSSR count). The van der Waals surface area contributed by atoms with E-state index in [1.54, 1.807) is 4.90 Å². The third-order valence-electron chi connectivity index (χ3n) is 5.25. The number of amides is 2. The van der Waals surface area contributed by atoms with Gasteiger partial charge in [0.05, 0.1) is 18.0 Å². The summed E-state index contributed by atoms with van der Waals surface area (Å²) in [5.41, 5.74) is 5.31. The van der Waals surface area contributed by atoms with E-state index in [1.165, 1.54) is 0 Å². The van der Waals surface area contributed by atoms with Crippen molar-refractivity contribution in [2.45, 2.75) is 25.3 Å². The van der Waals surface area contributed by atoms with Gasteiger partial charge >= 0.3 is 0 Å². The average Bonchev–Trinajstić information content (AvgIpc) is 3.02. The van der Waals surface area contributed by atoms with Gasteiger partial charge in [0.2, 0.25) is 11.8 Å². The molecule has 2 aliphatic heterocycles. The van der Waals surface area contributed by atoms with E-state index in [1.807, 2.05) is 30.3 Å². The number of nitrogens with two attached hydrogens (primary N) is 1. The molecule has 1 aromatic rings. The van der Waals surface area contributed by atoms with Crippen LogP contribution in [0.15, 0.2) is 30.3 Å². The van der Waals surface area contributed by atoms with Gasteiger partial charge in [-0.05, 0) is 25.0 Å². The van der Waals surface area contributed by atoms with Crippen LogP contribution in [0.25, 0.3) is 0 Å². The van der Waals surface area contributed by atoms with Gasteiger partial charge in [0.15, 0.2) is 0 Å². The molecule has 2 fully saturated rings. The topological polar surface area (TPSA) is 93.9 Å². The lowest BCUT2D eigenvalue weighted by Crippen LogP contribution is -2.52. The van der Waals surface area contributed by atoms with Crippen molar-refractivity contribution in [1.29, 1.82) is 0 Å². The standard InChI is InChI=1S/C19H27N3O4/c20-14-19(6-9-25-10-7-19)18(24)21-15-12-17(23)22(13-15)8-11-26-16-4-2-1-3-5-16/h1-5,15H,6-14,20H2,(H,21,24). The first kappa shape index (κ1) is 18.7. The molecule has 0 spiro atoms. The molecule has 0 aromatic heterocycles. The van der Waals surface area contributed by atoms with Gasteiger partial charge in [0, 0.05) is 32.7 Å². The van der Waals surface area contributed by atoms with Crippen molar-refractivity contribution in [3.05, 3.63) is 30.3 Å². The molecule has 1 aromatic carbocycles. The van der Waals surface area contributed by atoms with Crippen LogP contribution >= 0.6 is 0 Å². The van der Waals surface area contributed by atoms with E-state index in [0.717, 1.165) is 5.75 Å². The Balaban J connectivity index is 1.47. The van der Waals surface area contributed by atoms with Crippen LogP contribution in [0, 0.1) is 5.41 Å². The molecule has 7 nitrogen and oxygen atoms in total. The van der Waals surface area contributed by atoms with Gasteiger partial charge in [-0.25, -0.2) is 0 Å². The summed E-state index contributed by atoms with van der Waals surface area (Å²) in [6, 6.07) is 9.34. The number of carbonyl (C=O) groups excluding carboxylic acids is 2. The fraction of sp³-hybridized carbons (Fsp3) is 0.579. The predicted octanol–water partition coefficient (Wildman–Crippen LogP) is 0.538. The lowest BCUT2D eigenvalue weighted by molar-refractivity contribution is -0.136. The normalized spacial score (nSPS) is 22.3. The highest BCUT2D eigenvalue weighted by atomic mass is 16.5. The van der Waals surface area contributed by atoms with Crippen LogP contribution in [0.1, 0.15) is 19.3 Å². The fourth-order valence-corrected chi connectivity index (χ4v) is 3.50. The van der Waals surface area contributed by atoms with Crippen LogP contribution < -0.4 is 15.8 Å². The summed E-state index contributed by atoms with van der Waals surface area (Å²) in [6.45, 7) is 2.86. The molecule has 0 aliphatic carbocycles. The number of benzene rings is 1. The largest absolute Gasteiger partial charge is 0.492 e. The number of hydrogen-bond acceptors (Lipinski definition) is 5. The lowest BCUT2D eigenvalue weighted by Gasteiger charge is -2.35. The number of nitrogens with one attached hydrogen (secondary N) is 1. The maximum atomic E-state index is 12.7. The molecule has 142 valence electrons. The quantitative estimate of drug-likeness (QED) is 0.739. The summed E-state index contributed by atoms with van der Waals surface area (Å²) in [6.07, 6.45) is 1.59. The van der Waals surface area contributed by atoms with Crippen molar-refractivity contribution in [2.75, 3.05) is 39.5 Å². The number of likely N-dealkylation sites (tertiary alicyclic amines) is 1. The van der Waals surface area contributed by atoms with Crippen molar-refractivity contribution in [3.63, 3.8) is 0 Å². The summed E-state index contributed by atoms with van der Waals surface area (Å²) in [7, 11) is 0. The van der Waals surface area contributed by atoms with Gasteiger partial charge in [-0.3, -0.25) is 9.59 Å². The Morgan fingerprint density at radius 3 is 2.73 bits per heavy atom. The number of nitrogens with zero attached hydrogens (tertiary/aromatic N) is 1. The van der Waals surface area contributed by atoms with Crippen molar-refractivity contribution in [3.8, 4) is 5.75 Å². The SMILES string of the molecule is NCC1(C(=O)NC2CC(=O)N(CCOc3ccccc3)C2)CCOCC1. The minimum absolute atomic E-state index is 0.0423. The Labute approximate surface area is 153 Å². The van der Waals surface area contributed by atoms with Crippen LogP contribution in [0.5, 0.6) is 5.75 Å². The van der Waals surface area contributed by atoms with Crippen LogP contribution in [0.3, 0.4) is 0 Å². The summed E-state index contributed by atoms with van der Waals surface area (Å²) in [4.78, 5) is 26.7. The van der Waals surface area contributed by atoms with Crippen LogP contribution in [-0.2, 0) is 14.3 Å². The molecule has 3 N–H and O–H groups in total. The van der Waals surface area contributed by atoms with Crippen LogP contribution in [0.2, 0.25) is 0 Å². The highest BCUT2D eigenvalue weighted by Crippen LogP contribution is 2.30. The second kappa shape index (κ2) is 8.51. The average molecular weight is 361 g/mol. The molecule has 2 heterocycles. The van der Waals surface area contributed by atoms with Gasteiger partial charge in [-0.15, -0.1) is 0 Å². The van der Waals surface area contributed by atoms with E-state index in [2.05, 4.69) is 5.32 Å². The van der Waals surface area contributed by atoms with Gasteiger partial charge in [-0.1, -0.05) is 18.2 Å². The van der Waals surface area contributed by atoms with E-state index in [4.69, 9.17) is 15.2 Å². The van der Waals surface area contributed by atoms with E-state index >= 15 is 0 Å². The molecule has 2 saturated heterocycles. The molecule has 2 aliphatic rings. The zero-order valence-corrected chi connectivity index (χ0v) is 15.0. The molecule has 0 saturated carbocycles. The molecule has 1 unspecified atom stereocenters. The Kier molecular flexibility index (Phi) is 6.11. The maximum Gasteiger partial charge on any atom is 0.227 e. The van der Waals surface area contributed by atoms with E-state index in [-0.39, 0.29) is 17.9 Å². The van der Waals surface area contributed by atoms with Crippen molar-refractivity contribution in [2.24, 2.45) is 11.1 Å². The number of rotatable bonds is 7. The lowest BCUT2D eigenvalue weighted by atomic mass is 9.79. The maximum absolute atomic E-state index is 12.7. The molecular weight excluding hydrogens is 334 g/mol. The number of carbonyl (C=O) groups is 2. The van der Waals surface area contributed by atoms with Crippen LogP contribution in [0.4, 0.5) is 0 Å². The zero-order valence-electron chi connectivity index (χ0n) is 15.0. The molecule has 0 radical (unpaired) electrons. The van der Waals surface area contributed by atoms with Crippen molar-refractivity contribution < 1.29 is 19.1 Å². The first-order valence-corrected chi connectivity index (χ1v) is 9.17.